The normalized spacial score (nSPS) is 21.6. The van der Waals surface area contributed by atoms with Crippen LogP contribution in [0.15, 0.2) is 0 Å². The Morgan fingerprint density at radius 3 is 2.92 bits per heavy atom. The molecule has 1 fully saturated rings. The number of amides is 1. The second kappa shape index (κ2) is 4.36. The Hall–Kier alpha value is -0.910. The molecule has 1 amide bonds. The van der Waals surface area contributed by atoms with Gasteiger partial charge in [0.15, 0.2) is 0 Å². The summed E-state index contributed by atoms with van der Waals surface area (Å²) in [5.74, 6) is -0.137. The summed E-state index contributed by atoms with van der Waals surface area (Å²) in [6.45, 7) is 1.96. The lowest BCUT2D eigenvalue weighted by atomic mass is 10.3. The van der Waals surface area contributed by atoms with Gasteiger partial charge in [-0.1, -0.05) is 0 Å². The van der Waals surface area contributed by atoms with E-state index in [1.807, 2.05) is 0 Å². The fraction of sp³-hybridized carbons (Fsp3) is 0.714. The summed E-state index contributed by atoms with van der Waals surface area (Å²) in [6, 6.07) is -0.732. The van der Waals surface area contributed by atoms with E-state index in [4.69, 9.17) is 9.84 Å². The lowest BCUT2D eigenvalue weighted by Crippen LogP contribution is -2.42. The van der Waals surface area contributed by atoms with Gasteiger partial charge in [-0.3, -0.25) is 4.90 Å². The maximum atomic E-state index is 11.2. The molecule has 0 bridgehead atoms. The molecule has 1 aliphatic rings. The molecule has 6 heteroatoms. The van der Waals surface area contributed by atoms with E-state index in [1.165, 1.54) is 16.7 Å². The van der Waals surface area contributed by atoms with Gasteiger partial charge < -0.3 is 9.84 Å². The number of carbonyl (C=O) groups excluding carboxylic acids is 1. The van der Waals surface area contributed by atoms with Crippen LogP contribution in [0.5, 0.6) is 0 Å². The van der Waals surface area contributed by atoms with Gasteiger partial charge in [0.2, 0.25) is 0 Å². The largest absolute Gasteiger partial charge is 0.480 e. The first-order valence-corrected chi connectivity index (χ1v) is 5.06. The molecule has 1 rings (SSSR count). The van der Waals surface area contributed by atoms with Crippen LogP contribution in [0.2, 0.25) is 0 Å². The smallest absolute Gasteiger partial charge is 0.411 e. The molecule has 1 heterocycles. The van der Waals surface area contributed by atoms with Gasteiger partial charge in [0, 0.05) is 5.75 Å². The number of hydrogen-bond acceptors (Lipinski definition) is 4. The summed E-state index contributed by atoms with van der Waals surface area (Å²) >= 11 is 1.42. The van der Waals surface area contributed by atoms with Crippen molar-refractivity contribution in [3.05, 3.63) is 0 Å². The van der Waals surface area contributed by atoms with Crippen LogP contribution in [-0.2, 0) is 9.53 Å². The van der Waals surface area contributed by atoms with Crippen LogP contribution >= 0.6 is 11.8 Å². The van der Waals surface area contributed by atoms with Crippen molar-refractivity contribution in [1.82, 2.24) is 4.90 Å². The maximum absolute atomic E-state index is 11.2. The standard InChI is InChI=1S/C7H11NO4S/c1-2-12-7(11)8-4-13-3-5(8)6(9)10/h5H,2-4H2,1H3,(H,9,10)/t5-/m0/s1. The number of rotatable bonds is 2. The molecular formula is C7H11NO4S. The highest BCUT2D eigenvalue weighted by Gasteiger charge is 2.35. The first kappa shape index (κ1) is 10.2. The lowest BCUT2D eigenvalue weighted by Gasteiger charge is -2.18. The van der Waals surface area contributed by atoms with Gasteiger partial charge in [0.25, 0.3) is 0 Å². The molecule has 1 saturated heterocycles. The van der Waals surface area contributed by atoms with Gasteiger partial charge in [0.05, 0.1) is 12.5 Å². The van der Waals surface area contributed by atoms with Crippen molar-refractivity contribution in [2.45, 2.75) is 13.0 Å². The zero-order valence-electron chi connectivity index (χ0n) is 7.23. The highest BCUT2D eigenvalue weighted by molar-refractivity contribution is 7.99. The van der Waals surface area contributed by atoms with Crippen molar-refractivity contribution in [1.29, 1.82) is 0 Å². The number of aliphatic carboxylic acids is 1. The number of ether oxygens (including phenoxy) is 1. The molecule has 13 heavy (non-hydrogen) atoms. The van der Waals surface area contributed by atoms with Crippen molar-refractivity contribution >= 4 is 23.8 Å². The number of carboxylic acids is 1. The monoisotopic (exact) mass is 205 g/mol. The molecule has 0 unspecified atom stereocenters. The minimum atomic E-state index is -0.974. The molecule has 1 N–H and O–H groups in total. The molecule has 74 valence electrons. The summed E-state index contributed by atoms with van der Waals surface area (Å²) in [6.07, 6.45) is -0.542. The fourth-order valence-corrected chi connectivity index (χ4v) is 2.17. The topological polar surface area (TPSA) is 66.8 Å². The molecule has 1 atom stereocenters. The highest BCUT2D eigenvalue weighted by Crippen LogP contribution is 2.21. The van der Waals surface area contributed by atoms with E-state index in [0.29, 0.717) is 11.6 Å². The molecule has 0 aromatic heterocycles. The molecule has 0 aromatic carbocycles. The van der Waals surface area contributed by atoms with E-state index in [9.17, 15) is 9.59 Å². The summed E-state index contributed by atoms with van der Waals surface area (Å²) in [4.78, 5) is 23.1. The number of carboxylic acid groups (broad SMARTS) is 1. The van der Waals surface area contributed by atoms with Crippen LogP contribution in [0.4, 0.5) is 4.79 Å². The van der Waals surface area contributed by atoms with E-state index < -0.39 is 18.1 Å². The van der Waals surface area contributed by atoms with Crippen molar-refractivity contribution in [3.8, 4) is 0 Å². The average molecular weight is 205 g/mol. The van der Waals surface area contributed by atoms with E-state index in [2.05, 4.69) is 0 Å². The molecule has 0 saturated carbocycles. The second-order valence-corrected chi connectivity index (χ2v) is 3.52. The van der Waals surface area contributed by atoms with Crippen LogP contribution in [0, 0.1) is 0 Å². The van der Waals surface area contributed by atoms with Crippen LogP contribution < -0.4 is 0 Å². The third kappa shape index (κ3) is 2.27. The Labute approximate surface area is 80.0 Å². The van der Waals surface area contributed by atoms with E-state index in [-0.39, 0.29) is 6.61 Å². The van der Waals surface area contributed by atoms with Gasteiger partial charge in [0.1, 0.15) is 6.04 Å². The first-order valence-electron chi connectivity index (χ1n) is 3.90. The van der Waals surface area contributed by atoms with Gasteiger partial charge in [-0.15, -0.1) is 11.8 Å². The summed E-state index contributed by atoms with van der Waals surface area (Å²) in [5.41, 5.74) is 0. The Morgan fingerprint density at radius 2 is 2.38 bits per heavy atom. The minimum absolute atomic E-state index is 0.270. The third-order valence-electron chi connectivity index (χ3n) is 1.67. The van der Waals surface area contributed by atoms with Crippen LogP contribution in [-0.4, -0.2) is 46.3 Å². The molecule has 1 aliphatic heterocycles. The second-order valence-electron chi connectivity index (χ2n) is 2.52. The van der Waals surface area contributed by atoms with Gasteiger partial charge in [-0.2, -0.15) is 0 Å². The SMILES string of the molecule is CCOC(=O)N1CSC[C@H]1C(=O)O. The summed E-state index contributed by atoms with van der Waals surface area (Å²) in [5, 5.41) is 8.74. The van der Waals surface area contributed by atoms with Crippen molar-refractivity contribution in [2.75, 3.05) is 18.2 Å². The molecule has 0 radical (unpaired) electrons. The average Bonchev–Trinajstić information content (AvgIpc) is 2.52. The zero-order valence-corrected chi connectivity index (χ0v) is 8.04. The predicted octanol–water partition coefficient (Wildman–Crippen LogP) is 0.602. The van der Waals surface area contributed by atoms with Gasteiger partial charge in [-0.25, -0.2) is 9.59 Å². The highest BCUT2D eigenvalue weighted by atomic mass is 32.2. The van der Waals surface area contributed by atoms with E-state index in [0.717, 1.165) is 0 Å². The number of thioether (sulfide) groups is 1. The zero-order chi connectivity index (χ0) is 9.84. The minimum Gasteiger partial charge on any atom is -0.480 e. The Bertz CT molecular complexity index is 221. The number of carbonyl (C=O) groups is 2. The van der Waals surface area contributed by atoms with Gasteiger partial charge in [-0.05, 0) is 6.92 Å². The Balaban J connectivity index is 2.57. The number of hydrogen-bond donors (Lipinski definition) is 1. The van der Waals surface area contributed by atoms with Crippen LogP contribution in [0.1, 0.15) is 6.92 Å². The van der Waals surface area contributed by atoms with Crippen LogP contribution in [0.25, 0.3) is 0 Å². The fourth-order valence-electron chi connectivity index (χ4n) is 1.03. The summed E-state index contributed by atoms with van der Waals surface area (Å²) < 4.78 is 4.72. The van der Waals surface area contributed by atoms with E-state index in [1.54, 1.807) is 6.92 Å². The van der Waals surface area contributed by atoms with Crippen molar-refractivity contribution < 1.29 is 19.4 Å². The predicted molar refractivity (Wildman–Crippen MR) is 47.6 cm³/mol. The number of nitrogens with zero attached hydrogens (tertiary/aromatic N) is 1. The molecule has 0 aliphatic carbocycles. The van der Waals surface area contributed by atoms with Crippen molar-refractivity contribution in [2.24, 2.45) is 0 Å². The maximum Gasteiger partial charge on any atom is 0.411 e. The Morgan fingerprint density at radius 1 is 1.69 bits per heavy atom. The quantitative estimate of drug-likeness (QED) is 0.715. The lowest BCUT2D eigenvalue weighted by molar-refractivity contribution is -0.141. The molecule has 5 nitrogen and oxygen atoms in total. The van der Waals surface area contributed by atoms with Crippen LogP contribution in [0.3, 0.4) is 0 Å². The van der Waals surface area contributed by atoms with E-state index >= 15 is 0 Å². The molecule has 0 spiro atoms. The first-order chi connectivity index (χ1) is 6.16. The molecule has 0 aromatic rings. The third-order valence-corrected chi connectivity index (χ3v) is 2.68. The summed E-state index contributed by atoms with van der Waals surface area (Å²) in [7, 11) is 0. The van der Waals surface area contributed by atoms with Crippen molar-refractivity contribution in [3.63, 3.8) is 0 Å². The van der Waals surface area contributed by atoms with Gasteiger partial charge >= 0.3 is 12.1 Å². The Kier molecular flexibility index (Phi) is 3.41. The molecular weight excluding hydrogens is 194 g/mol.